The summed E-state index contributed by atoms with van der Waals surface area (Å²) < 4.78 is 11.8. The fourth-order valence-electron chi connectivity index (χ4n) is 1.38. The van der Waals surface area contributed by atoms with Crippen LogP contribution in [0, 0.1) is 6.92 Å². The molecule has 2 unspecified atom stereocenters. The van der Waals surface area contributed by atoms with E-state index in [2.05, 4.69) is 4.98 Å². The molecular weight excluding hydrogens is 226 g/mol. The molecule has 2 atom stereocenters. The Morgan fingerprint density at radius 1 is 1.62 bits per heavy atom. The Hall–Kier alpha value is -1.23. The van der Waals surface area contributed by atoms with Crippen LogP contribution in [0.3, 0.4) is 0 Å². The molecule has 0 radical (unpaired) electrons. The van der Waals surface area contributed by atoms with Crippen molar-refractivity contribution in [2.75, 3.05) is 0 Å². The van der Waals surface area contributed by atoms with E-state index in [4.69, 9.17) is 5.11 Å². The third kappa shape index (κ3) is 3.13. The van der Waals surface area contributed by atoms with Gasteiger partial charge >= 0.3 is 5.97 Å². The monoisotopic (exact) mass is 241 g/mol. The maximum Gasteiger partial charge on any atom is 0.319 e. The zero-order valence-electron chi connectivity index (χ0n) is 9.34. The first-order valence-electron chi connectivity index (χ1n) is 5.06. The zero-order chi connectivity index (χ0) is 12.1. The molecule has 5 heteroatoms. The summed E-state index contributed by atoms with van der Waals surface area (Å²) in [6, 6.07) is 3.68. The van der Waals surface area contributed by atoms with Crippen LogP contribution in [0.5, 0.6) is 0 Å². The van der Waals surface area contributed by atoms with Crippen LogP contribution in [0.4, 0.5) is 0 Å². The Balaban J connectivity index is 2.78. The molecule has 1 heterocycles. The second kappa shape index (κ2) is 5.75. The number of carboxylic acids is 1. The summed E-state index contributed by atoms with van der Waals surface area (Å²) in [5.41, 5.74) is 1.65. The van der Waals surface area contributed by atoms with E-state index in [9.17, 15) is 9.00 Å². The predicted octanol–water partition coefficient (Wildman–Crippen LogP) is 1.50. The van der Waals surface area contributed by atoms with Crippen molar-refractivity contribution in [3.63, 3.8) is 0 Å². The van der Waals surface area contributed by atoms with Crippen LogP contribution in [0.25, 0.3) is 0 Å². The highest BCUT2D eigenvalue weighted by atomic mass is 32.2. The lowest BCUT2D eigenvalue weighted by atomic mass is 10.2. The van der Waals surface area contributed by atoms with Crippen molar-refractivity contribution in [1.82, 2.24) is 4.98 Å². The lowest BCUT2D eigenvalue weighted by Gasteiger charge is -2.10. The summed E-state index contributed by atoms with van der Waals surface area (Å²) in [5.74, 6) is -0.799. The molecule has 0 fully saturated rings. The smallest absolute Gasteiger partial charge is 0.319 e. The fourth-order valence-corrected chi connectivity index (χ4v) is 2.75. The number of pyridine rings is 1. The van der Waals surface area contributed by atoms with Crippen molar-refractivity contribution in [2.24, 2.45) is 0 Å². The van der Waals surface area contributed by atoms with Gasteiger partial charge in [-0.1, -0.05) is 13.0 Å². The predicted molar refractivity (Wildman–Crippen MR) is 62.5 cm³/mol. The second-order valence-corrected chi connectivity index (χ2v) is 5.15. The zero-order valence-corrected chi connectivity index (χ0v) is 10.2. The van der Waals surface area contributed by atoms with Crippen molar-refractivity contribution < 1.29 is 14.1 Å². The van der Waals surface area contributed by atoms with E-state index in [0.29, 0.717) is 12.1 Å². The molecule has 1 rings (SSSR count). The van der Waals surface area contributed by atoms with Gasteiger partial charge in [0, 0.05) is 17.0 Å². The standard InChI is InChI=1S/C11H15NO3S/c1-3-10(11(13)14)16(15)7-9-8(2)5-4-6-12-9/h4-6,10H,3,7H2,1-2H3,(H,13,14). The molecule has 88 valence electrons. The number of aromatic nitrogens is 1. The minimum atomic E-state index is -1.41. The van der Waals surface area contributed by atoms with Crippen LogP contribution >= 0.6 is 0 Å². The third-order valence-electron chi connectivity index (χ3n) is 2.36. The number of hydrogen-bond acceptors (Lipinski definition) is 3. The van der Waals surface area contributed by atoms with Crippen LogP contribution in [-0.2, 0) is 21.3 Å². The molecule has 4 nitrogen and oxygen atoms in total. The van der Waals surface area contributed by atoms with Gasteiger partial charge in [-0.05, 0) is 25.0 Å². The van der Waals surface area contributed by atoms with Crippen LogP contribution in [-0.4, -0.2) is 25.5 Å². The molecule has 0 amide bonds. The van der Waals surface area contributed by atoms with Gasteiger partial charge in [0.1, 0.15) is 5.25 Å². The number of rotatable bonds is 5. The van der Waals surface area contributed by atoms with Crippen molar-refractivity contribution in [2.45, 2.75) is 31.3 Å². The summed E-state index contributed by atoms with van der Waals surface area (Å²) >= 11 is 0. The molecule has 1 N–H and O–H groups in total. The van der Waals surface area contributed by atoms with E-state index in [-0.39, 0.29) is 5.75 Å². The molecule has 16 heavy (non-hydrogen) atoms. The van der Waals surface area contributed by atoms with Gasteiger partial charge in [-0.2, -0.15) is 0 Å². The largest absolute Gasteiger partial charge is 0.480 e. The van der Waals surface area contributed by atoms with E-state index >= 15 is 0 Å². The molecule has 1 aromatic rings. The van der Waals surface area contributed by atoms with Crippen molar-refractivity contribution in [1.29, 1.82) is 0 Å². The SMILES string of the molecule is CCC(C(=O)O)S(=O)Cc1ncccc1C. The maximum atomic E-state index is 11.8. The third-order valence-corrected chi connectivity index (χ3v) is 4.09. The summed E-state index contributed by atoms with van der Waals surface area (Å²) in [5, 5.41) is 8.07. The Morgan fingerprint density at radius 3 is 2.81 bits per heavy atom. The average Bonchev–Trinajstić information content (AvgIpc) is 2.22. The first-order chi connectivity index (χ1) is 7.56. The van der Waals surface area contributed by atoms with E-state index < -0.39 is 22.0 Å². The molecule has 0 bridgehead atoms. The van der Waals surface area contributed by atoms with Gasteiger partial charge in [-0.3, -0.25) is 14.0 Å². The molecule has 0 aliphatic heterocycles. The molecule has 0 aliphatic rings. The molecule has 1 aromatic heterocycles. The number of hydrogen-bond donors (Lipinski definition) is 1. The normalized spacial score (nSPS) is 14.4. The highest BCUT2D eigenvalue weighted by Crippen LogP contribution is 2.11. The topological polar surface area (TPSA) is 67.3 Å². The van der Waals surface area contributed by atoms with Gasteiger partial charge in [0.2, 0.25) is 0 Å². The minimum absolute atomic E-state index is 0.206. The van der Waals surface area contributed by atoms with Gasteiger partial charge in [0.25, 0.3) is 0 Å². The van der Waals surface area contributed by atoms with Gasteiger partial charge < -0.3 is 5.11 Å². The number of carboxylic acid groups (broad SMARTS) is 1. The molecular formula is C11H15NO3S. The van der Waals surface area contributed by atoms with Crippen LogP contribution in [0.15, 0.2) is 18.3 Å². The van der Waals surface area contributed by atoms with Gasteiger partial charge in [-0.25, -0.2) is 0 Å². The fraction of sp³-hybridized carbons (Fsp3) is 0.455. The van der Waals surface area contributed by atoms with E-state index in [0.717, 1.165) is 5.56 Å². The van der Waals surface area contributed by atoms with Crippen LogP contribution < -0.4 is 0 Å². The van der Waals surface area contributed by atoms with E-state index in [1.54, 1.807) is 19.2 Å². The van der Waals surface area contributed by atoms with Gasteiger partial charge in [0.05, 0.1) is 11.4 Å². The summed E-state index contributed by atoms with van der Waals surface area (Å²) in [7, 11) is -1.41. The molecule has 0 aromatic carbocycles. The lowest BCUT2D eigenvalue weighted by Crippen LogP contribution is -2.26. The second-order valence-electron chi connectivity index (χ2n) is 3.53. The number of carbonyl (C=O) groups is 1. The molecule has 0 spiro atoms. The quantitative estimate of drug-likeness (QED) is 0.848. The van der Waals surface area contributed by atoms with Crippen molar-refractivity contribution >= 4 is 16.8 Å². The highest BCUT2D eigenvalue weighted by Gasteiger charge is 2.23. The summed E-state index contributed by atoms with van der Waals surface area (Å²) in [4.78, 5) is 14.9. The van der Waals surface area contributed by atoms with E-state index in [1.165, 1.54) is 0 Å². The molecule has 0 saturated heterocycles. The van der Waals surface area contributed by atoms with Crippen LogP contribution in [0.2, 0.25) is 0 Å². The summed E-state index contributed by atoms with van der Waals surface area (Å²) in [6.45, 7) is 3.60. The Bertz CT molecular complexity index is 406. The average molecular weight is 241 g/mol. The molecule has 0 aliphatic carbocycles. The first-order valence-corrected chi connectivity index (χ1v) is 6.45. The van der Waals surface area contributed by atoms with E-state index in [1.807, 2.05) is 13.0 Å². The number of nitrogens with zero attached hydrogens (tertiary/aromatic N) is 1. The number of aliphatic carboxylic acids is 1. The van der Waals surface area contributed by atoms with Crippen molar-refractivity contribution in [3.05, 3.63) is 29.6 Å². The summed E-state index contributed by atoms with van der Waals surface area (Å²) in [6.07, 6.45) is 2.00. The Kier molecular flexibility index (Phi) is 4.61. The van der Waals surface area contributed by atoms with Crippen molar-refractivity contribution in [3.8, 4) is 0 Å². The Labute approximate surface area is 97.2 Å². The number of aryl methyl sites for hydroxylation is 1. The molecule has 0 saturated carbocycles. The van der Waals surface area contributed by atoms with Gasteiger partial charge in [0.15, 0.2) is 0 Å². The van der Waals surface area contributed by atoms with Crippen LogP contribution in [0.1, 0.15) is 24.6 Å². The first kappa shape index (κ1) is 12.8. The highest BCUT2D eigenvalue weighted by molar-refractivity contribution is 7.85. The van der Waals surface area contributed by atoms with Gasteiger partial charge in [-0.15, -0.1) is 0 Å². The lowest BCUT2D eigenvalue weighted by molar-refractivity contribution is -0.136. The Morgan fingerprint density at radius 2 is 2.31 bits per heavy atom. The minimum Gasteiger partial charge on any atom is -0.480 e. The maximum absolute atomic E-state index is 11.8.